The summed E-state index contributed by atoms with van der Waals surface area (Å²) in [6.45, 7) is 2.36. The Morgan fingerprint density at radius 1 is 1.27 bits per heavy atom. The van der Waals surface area contributed by atoms with E-state index in [1.165, 1.54) is 18.5 Å². The highest BCUT2D eigenvalue weighted by Gasteiger charge is 2.36. The summed E-state index contributed by atoms with van der Waals surface area (Å²) in [4.78, 5) is 8.29. The maximum Gasteiger partial charge on any atom is 0.129 e. The first-order valence-electron chi connectivity index (χ1n) is 7.30. The lowest BCUT2D eigenvalue weighted by Crippen LogP contribution is -2.35. The van der Waals surface area contributed by atoms with Gasteiger partial charge in [0.05, 0.1) is 12.3 Å². The Hall–Kier alpha value is -2.05. The Morgan fingerprint density at radius 2 is 2.09 bits per heavy atom. The molecule has 22 heavy (non-hydrogen) atoms. The van der Waals surface area contributed by atoms with Crippen molar-refractivity contribution in [2.75, 3.05) is 25.1 Å². The summed E-state index contributed by atoms with van der Waals surface area (Å²) in [5, 5.41) is 3.33. The number of nitrogens with one attached hydrogen (secondary N) is 1. The number of hydrogen-bond donors (Lipinski definition) is 2. The van der Waals surface area contributed by atoms with Gasteiger partial charge in [-0.25, -0.2) is 14.4 Å². The number of benzene rings is 1. The van der Waals surface area contributed by atoms with E-state index < -0.39 is 0 Å². The van der Waals surface area contributed by atoms with E-state index >= 15 is 0 Å². The van der Waals surface area contributed by atoms with Crippen molar-refractivity contribution in [1.29, 1.82) is 0 Å². The van der Waals surface area contributed by atoms with Gasteiger partial charge in [0.15, 0.2) is 0 Å². The van der Waals surface area contributed by atoms with Crippen LogP contribution in [0.4, 0.5) is 10.2 Å². The highest BCUT2D eigenvalue weighted by molar-refractivity contribution is 5.38. The van der Waals surface area contributed by atoms with Crippen molar-refractivity contribution in [2.45, 2.75) is 18.4 Å². The molecule has 1 aliphatic rings. The number of hydrogen-bond acceptors (Lipinski definition) is 5. The van der Waals surface area contributed by atoms with Crippen molar-refractivity contribution in [3.05, 3.63) is 53.7 Å². The summed E-state index contributed by atoms with van der Waals surface area (Å²) in [7, 11) is 0. The number of nitrogens with zero attached hydrogens (tertiary/aromatic N) is 2. The molecule has 1 atom stereocenters. The summed E-state index contributed by atoms with van der Waals surface area (Å²) >= 11 is 0. The van der Waals surface area contributed by atoms with Crippen molar-refractivity contribution >= 4 is 5.82 Å². The smallest absolute Gasteiger partial charge is 0.129 e. The van der Waals surface area contributed by atoms with Crippen LogP contribution in [0.2, 0.25) is 0 Å². The zero-order valence-electron chi connectivity index (χ0n) is 12.3. The minimum absolute atomic E-state index is 0.165. The molecule has 0 unspecified atom stereocenters. The average Bonchev–Trinajstić information content (AvgIpc) is 3.04. The molecule has 1 aliphatic heterocycles. The first kappa shape index (κ1) is 14.9. The van der Waals surface area contributed by atoms with Crippen molar-refractivity contribution < 1.29 is 9.13 Å². The minimum atomic E-state index is -0.228. The van der Waals surface area contributed by atoms with Crippen LogP contribution in [-0.4, -0.2) is 29.7 Å². The fraction of sp³-hybridized carbons (Fsp3) is 0.375. The van der Waals surface area contributed by atoms with Crippen LogP contribution in [0.3, 0.4) is 0 Å². The van der Waals surface area contributed by atoms with Crippen LogP contribution in [0.1, 0.15) is 17.7 Å². The summed E-state index contributed by atoms with van der Waals surface area (Å²) in [5.41, 5.74) is 7.29. The van der Waals surface area contributed by atoms with Gasteiger partial charge in [-0.05, 0) is 24.1 Å². The number of rotatable bonds is 5. The molecule has 0 spiro atoms. The third-order valence-corrected chi connectivity index (χ3v) is 4.10. The molecule has 6 heteroatoms. The number of aromatic nitrogens is 2. The van der Waals surface area contributed by atoms with Crippen molar-refractivity contribution in [2.24, 2.45) is 5.73 Å². The summed E-state index contributed by atoms with van der Waals surface area (Å²) in [5.74, 6) is 0.512. The maximum atomic E-state index is 13.2. The highest BCUT2D eigenvalue weighted by atomic mass is 19.1. The second-order valence-electron chi connectivity index (χ2n) is 5.54. The van der Waals surface area contributed by atoms with E-state index in [4.69, 9.17) is 10.5 Å². The van der Waals surface area contributed by atoms with Gasteiger partial charge in [0.25, 0.3) is 0 Å². The molecule has 1 saturated heterocycles. The zero-order valence-corrected chi connectivity index (χ0v) is 12.3. The van der Waals surface area contributed by atoms with Crippen LogP contribution in [0, 0.1) is 5.82 Å². The standard InChI is InChI=1S/C16H19FN4O/c17-13-3-1-12(2-4-13)16(5-6-22-10-16)9-19-15-7-14(8-18)20-11-21-15/h1-4,7,11H,5-6,8-10,18H2,(H,19,20,21)/t16-/m1/s1. The normalized spacial score (nSPS) is 21.0. The van der Waals surface area contributed by atoms with Crippen molar-refractivity contribution in [3.63, 3.8) is 0 Å². The lowest BCUT2D eigenvalue weighted by molar-refractivity contribution is 0.179. The third kappa shape index (κ3) is 3.08. The molecule has 5 nitrogen and oxygen atoms in total. The molecule has 0 bridgehead atoms. The Morgan fingerprint density at radius 3 is 2.77 bits per heavy atom. The van der Waals surface area contributed by atoms with E-state index in [-0.39, 0.29) is 11.2 Å². The Labute approximate surface area is 128 Å². The van der Waals surface area contributed by atoms with Gasteiger partial charge in [-0.1, -0.05) is 12.1 Å². The van der Waals surface area contributed by atoms with Gasteiger partial charge in [-0.3, -0.25) is 0 Å². The fourth-order valence-corrected chi connectivity index (χ4v) is 2.75. The molecule has 3 N–H and O–H groups in total. The summed E-state index contributed by atoms with van der Waals surface area (Å²) < 4.78 is 18.7. The monoisotopic (exact) mass is 302 g/mol. The van der Waals surface area contributed by atoms with Gasteiger partial charge >= 0.3 is 0 Å². The molecule has 2 heterocycles. The van der Waals surface area contributed by atoms with Crippen LogP contribution in [-0.2, 0) is 16.7 Å². The molecular formula is C16H19FN4O. The van der Waals surface area contributed by atoms with Gasteiger partial charge in [0.1, 0.15) is 18.0 Å². The minimum Gasteiger partial charge on any atom is -0.380 e. The fourth-order valence-electron chi connectivity index (χ4n) is 2.75. The van der Waals surface area contributed by atoms with E-state index in [0.29, 0.717) is 26.3 Å². The molecule has 0 aliphatic carbocycles. The summed E-state index contributed by atoms with van der Waals surface area (Å²) in [6.07, 6.45) is 2.39. The van der Waals surface area contributed by atoms with Crippen molar-refractivity contribution in [1.82, 2.24) is 9.97 Å². The van der Waals surface area contributed by atoms with E-state index in [1.54, 1.807) is 0 Å². The predicted octanol–water partition coefficient (Wildman–Crippen LogP) is 1.84. The average molecular weight is 302 g/mol. The Balaban J connectivity index is 1.78. The van der Waals surface area contributed by atoms with Crippen LogP contribution in [0.5, 0.6) is 0 Å². The quantitative estimate of drug-likeness (QED) is 0.882. The molecule has 116 valence electrons. The van der Waals surface area contributed by atoms with E-state index in [1.807, 2.05) is 18.2 Å². The Kier molecular flexibility index (Phi) is 4.31. The lowest BCUT2D eigenvalue weighted by atomic mass is 9.79. The van der Waals surface area contributed by atoms with Crippen LogP contribution in [0.15, 0.2) is 36.7 Å². The molecular weight excluding hydrogens is 283 g/mol. The number of ether oxygens (including phenoxy) is 1. The van der Waals surface area contributed by atoms with E-state index in [9.17, 15) is 4.39 Å². The first-order chi connectivity index (χ1) is 10.7. The van der Waals surface area contributed by atoms with E-state index in [0.717, 1.165) is 23.5 Å². The molecule has 1 aromatic heterocycles. The largest absolute Gasteiger partial charge is 0.380 e. The summed E-state index contributed by atoms with van der Waals surface area (Å²) in [6, 6.07) is 8.49. The topological polar surface area (TPSA) is 73.1 Å². The third-order valence-electron chi connectivity index (χ3n) is 4.10. The van der Waals surface area contributed by atoms with Crippen LogP contribution in [0.25, 0.3) is 0 Å². The highest BCUT2D eigenvalue weighted by Crippen LogP contribution is 2.33. The molecule has 2 aromatic rings. The molecule has 1 aromatic carbocycles. The van der Waals surface area contributed by atoms with Gasteiger partial charge in [-0.2, -0.15) is 0 Å². The van der Waals surface area contributed by atoms with E-state index in [2.05, 4.69) is 15.3 Å². The number of halogens is 1. The van der Waals surface area contributed by atoms with Gasteiger partial charge in [-0.15, -0.1) is 0 Å². The van der Waals surface area contributed by atoms with Crippen LogP contribution >= 0.6 is 0 Å². The predicted molar refractivity (Wildman–Crippen MR) is 81.9 cm³/mol. The molecule has 1 fully saturated rings. The molecule has 0 amide bonds. The molecule has 0 radical (unpaired) electrons. The SMILES string of the molecule is NCc1cc(NC[C@]2(c3ccc(F)cc3)CCOC2)ncn1. The molecule has 3 rings (SSSR count). The van der Waals surface area contributed by atoms with Crippen LogP contribution < -0.4 is 11.1 Å². The second-order valence-corrected chi connectivity index (χ2v) is 5.54. The zero-order chi connectivity index (χ0) is 15.4. The van der Waals surface area contributed by atoms with Crippen molar-refractivity contribution in [3.8, 4) is 0 Å². The number of nitrogens with two attached hydrogens (primary N) is 1. The number of anilines is 1. The van der Waals surface area contributed by atoms with Gasteiger partial charge < -0.3 is 15.8 Å². The Bertz CT molecular complexity index is 626. The lowest BCUT2D eigenvalue weighted by Gasteiger charge is -2.28. The van der Waals surface area contributed by atoms with Gasteiger partial charge in [0, 0.05) is 31.2 Å². The molecule has 0 saturated carbocycles. The van der Waals surface area contributed by atoms with Gasteiger partial charge in [0.2, 0.25) is 0 Å². The second kappa shape index (κ2) is 6.37. The first-order valence-corrected chi connectivity index (χ1v) is 7.30. The maximum absolute atomic E-state index is 13.2.